The third kappa shape index (κ3) is 2.68. The summed E-state index contributed by atoms with van der Waals surface area (Å²) in [5.74, 6) is 0.0823. The van der Waals surface area contributed by atoms with Gasteiger partial charge in [-0.2, -0.15) is 15.0 Å². The van der Waals surface area contributed by atoms with Gasteiger partial charge in [0, 0.05) is 18.7 Å². The molecule has 0 aliphatic carbocycles. The average molecular weight is 284 g/mol. The summed E-state index contributed by atoms with van der Waals surface area (Å²) in [6.07, 6.45) is 3.32. The number of aromatic nitrogens is 3. The minimum absolute atomic E-state index is 0.0823. The zero-order valence-electron chi connectivity index (χ0n) is 12.7. The molecular weight excluding hydrogens is 264 g/mol. The molecule has 0 radical (unpaired) electrons. The molecule has 0 saturated carbocycles. The van der Waals surface area contributed by atoms with Gasteiger partial charge in [-0.1, -0.05) is 32.9 Å². The molecule has 1 amide bonds. The van der Waals surface area contributed by atoms with Crippen LogP contribution in [0.5, 0.6) is 0 Å². The number of rotatable bonds is 2. The van der Waals surface area contributed by atoms with E-state index >= 15 is 0 Å². The molecule has 5 heteroatoms. The van der Waals surface area contributed by atoms with Crippen molar-refractivity contribution in [3.63, 3.8) is 0 Å². The Labute approximate surface area is 124 Å². The predicted octanol–water partition coefficient (Wildman–Crippen LogP) is 2.27. The molecule has 0 atom stereocenters. The van der Waals surface area contributed by atoms with Gasteiger partial charge in [-0.25, -0.2) is 0 Å². The quantitative estimate of drug-likeness (QED) is 0.850. The zero-order valence-corrected chi connectivity index (χ0v) is 12.7. The van der Waals surface area contributed by atoms with E-state index in [1.807, 2.05) is 29.2 Å². The third-order valence-corrected chi connectivity index (χ3v) is 3.91. The highest BCUT2D eigenvalue weighted by Gasteiger charge is 2.33. The molecule has 2 aromatic rings. The van der Waals surface area contributed by atoms with Gasteiger partial charge in [0.1, 0.15) is 6.04 Å². The number of likely N-dealkylation sites (tertiary alicyclic amines) is 1. The molecule has 1 aliphatic rings. The summed E-state index contributed by atoms with van der Waals surface area (Å²) in [4.78, 5) is 15.9. The van der Waals surface area contributed by atoms with E-state index in [1.165, 1.54) is 5.56 Å². The number of carbonyl (C=O) groups excluding carboxylic acids is 1. The molecule has 1 saturated heterocycles. The van der Waals surface area contributed by atoms with Gasteiger partial charge in [-0.15, -0.1) is 0 Å². The first-order valence-corrected chi connectivity index (χ1v) is 7.21. The summed E-state index contributed by atoms with van der Waals surface area (Å²) in [7, 11) is 0. The van der Waals surface area contributed by atoms with E-state index in [2.05, 4.69) is 31.0 Å². The fraction of sp³-hybridized carbons (Fsp3) is 0.438. The van der Waals surface area contributed by atoms with E-state index < -0.39 is 0 Å². The van der Waals surface area contributed by atoms with E-state index in [0.29, 0.717) is 13.1 Å². The highest BCUT2D eigenvalue weighted by atomic mass is 16.2. The lowest BCUT2D eigenvalue weighted by molar-refractivity contribution is 0.0476. The van der Waals surface area contributed by atoms with E-state index in [4.69, 9.17) is 0 Å². The molecular formula is C16H20N4O. The van der Waals surface area contributed by atoms with Crippen LogP contribution in [0.2, 0.25) is 0 Å². The third-order valence-electron chi connectivity index (χ3n) is 3.91. The summed E-state index contributed by atoms with van der Waals surface area (Å²) in [5, 5.41) is 8.22. The minimum atomic E-state index is 0.0823. The van der Waals surface area contributed by atoms with Gasteiger partial charge >= 0.3 is 0 Å². The second-order valence-electron chi connectivity index (χ2n) is 6.54. The van der Waals surface area contributed by atoms with Crippen molar-refractivity contribution in [1.29, 1.82) is 0 Å². The van der Waals surface area contributed by atoms with Crippen LogP contribution in [-0.4, -0.2) is 38.9 Å². The maximum Gasteiger partial charge on any atom is 0.254 e. The molecule has 0 N–H and O–H groups in total. The second kappa shape index (κ2) is 4.98. The van der Waals surface area contributed by atoms with Crippen molar-refractivity contribution in [1.82, 2.24) is 19.9 Å². The van der Waals surface area contributed by atoms with Crippen LogP contribution in [0.4, 0.5) is 0 Å². The fourth-order valence-electron chi connectivity index (χ4n) is 2.48. The van der Waals surface area contributed by atoms with Crippen LogP contribution < -0.4 is 0 Å². The zero-order chi connectivity index (χ0) is 15.0. The van der Waals surface area contributed by atoms with Gasteiger partial charge in [0.15, 0.2) is 0 Å². The number of benzene rings is 1. The summed E-state index contributed by atoms with van der Waals surface area (Å²) < 4.78 is 0. The van der Waals surface area contributed by atoms with Crippen LogP contribution in [0.3, 0.4) is 0 Å². The van der Waals surface area contributed by atoms with Crippen molar-refractivity contribution < 1.29 is 4.79 Å². The largest absolute Gasteiger partial charge is 0.334 e. The van der Waals surface area contributed by atoms with Gasteiger partial charge in [0.2, 0.25) is 0 Å². The molecule has 0 unspecified atom stereocenters. The Bertz CT molecular complexity index is 619. The van der Waals surface area contributed by atoms with E-state index in [0.717, 1.165) is 5.56 Å². The molecule has 2 heterocycles. The van der Waals surface area contributed by atoms with Gasteiger partial charge in [-0.05, 0) is 23.1 Å². The van der Waals surface area contributed by atoms with Crippen LogP contribution in [0.25, 0.3) is 0 Å². The Morgan fingerprint density at radius 3 is 2.19 bits per heavy atom. The van der Waals surface area contributed by atoms with Gasteiger partial charge in [0.25, 0.3) is 5.91 Å². The van der Waals surface area contributed by atoms with E-state index in [-0.39, 0.29) is 17.4 Å². The molecule has 0 bridgehead atoms. The molecule has 110 valence electrons. The number of amides is 1. The molecule has 3 rings (SSSR count). The lowest BCUT2D eigenvalue weighted by atomic mass is 9.86. The lowest BCUT2D eigenvalue weighted by Gasteiger charge is -2.38. The van der Waals surface area contributed by atoms with Crippen molar-refractivity contribution >= 4 is 5.91 Å². The maximum atomic E-state index is 12.4. The Morgan fingerprint density at radius 2 is 1.67 bits per heavy atom. The number of hydrogen-bond acceptors (Lipinski definition) is 3. The van der Waals surface area contributed by atoms with Crippen molar-refractivity contribution in [2.75, 3.05) is 13.1 Å². The number of hydrogen-bond donors (Lipinski definition) is 0. The van der Waals surface area contributed by atoms with Gasteiger partial charge in [-0.3, -0.25) is 4.79 Å². The summed E-state index contributed by atoms with van der Waals surface area (Å²) >= 11 is 0. The van der Waals surface area contributed by atoms with Gasteiger partial charge < -0.3 is 4.90 Å². The van der Waals surface area contributed by atoms with E-state index in [9.17, 15) is 4.79 Å². The lowest BCUT2D eigenvalue weighted by Crippen LogP contribution is -2.51. The van der Waals surface area contributed by atoms with Crippen molar-refractivity contribution in [3.05, 3.63) is 47.8 Å². The number of carbonyl (C=O) groups is 1. The molecule has 1 aromatic carbocycles. The van der Waals surface area contributed by atoms with E-state index in [1.54, 1.807) is 17.2 Å². The van der Waals surface area contributed by atoms with Crippen LogP contribution in [0.15, 0.2) is 36.7 Å². The molecule has 0 spiro atoms. The smallest absolute Gasteiger partial charge is 0.254 e. The summed E-state index contributed by atoms with van der Waals surface area (Å²) in [5.41, 5.74) is 2.09. The maximum absolute atomic E-state index is 12.4. The molecule has 1 fully saturated rings. The monoisotopic (exact) mass is 284 g/mol. The Balaban J connectivity index is 1.64. The van der Waals surface area contributed by atoms with Crippen molar-refractivity contribution in [3.8, 4) is 0 Å². The van der Waals surface area contributed by atoms with Crippen LogP contribution in [0.1, 0.15) is 42.7 Å². The van der Waals surface area contributed by atoms with Crippen LogP contribution in [0, 0.1) is 0 Å². The highest BCUT2D eigenvalue weighted by Crippen LogP contribution is 2.25. The first-order chi connectivity index (χ1) is 9.95. The Kier molecular flexibility index (Phi) is 3.27. The Morgan fingerprint density at radius 1 is 1.10 bits per heavy atom. The highest BCUT2D eigenvalue weighted by molar-refractivity contribution is 5.94. The topological polar surface area (TPSA) is 51.0 Å². The van der Waals surface area contributed by atoms with Crippen molar-refractivity contribution in [2.45, 2.75) is 32.2 Å². The summed E-state index contributed by atoms with van der Waals surface area (Å²) in [6, 6.07) is 8.13. The second-order valence-corrected chi connectivity index (χ2v) is 6.54. The predicted molar refractivity (Wildman–Crippen MR) is 80.1 cm³/mol. The first kappa shape index (κ1) is 13.8. The average Bonchev–Trinajstić information content (AvgIpc) is 2.90. The fourth-order valence-corrected chi connectivity index (χ4v) is 2.48. The SMILES string of the molecule is CC(C)(C)c1ccc(C(=O)N2CC(n3nccn3)C2)cc1. The molecule has 21 heavy (non-hydrogen) atoms. The standard InChI is InChI=1S/C16H20N4O/c1-16(2,3)13-6-4-12(5-7-13)15(21)19-10-14(11-19)20-17-8-9-18-20/h4-9,14H,10-11H2,1-3H3. The van der Waals surface area contributed by atoms with Gasteiger partial charge in [0.05, 0.1) is 12.4 Å². The molecule has 5 nitrogen and oxygen atoms in total. The molecule has 1 aliphatic heterocycles. The summed E-state index contributed by atoms with van der Waals surface area (Å²) in [6.45, 7) is 7.85. The number of nitrogens with zero attached hydrogens (tertiary/aromatic N) is 4. The normalized spacial score (nSPS) is 15.9. The Hall–Kier alpha value is -2.17. The minimum Gasteiger partial charge on any atom is -0.334 e. The van der Waals surface area contributed by atoms with Crippen LogP contribution in [-0.2, 0) is 5.41 Å². The van der Waals surface area contributed by atoms with Crippen molar-refractivity contribution in [2.24, 2.45) is 0 Å². The first-order valence-electron chi connectivity index (χ1n) is 7.21. The molecule has 1 aromatic heterocycles. The van der Waals surface area contributed by atoms with Crippen LogP contribution >= 0.6 is 0 Å².